The summed E-state index contributed by atoms with van der Waals surface area (Å²) < 4.78 is 0.935. The summed E-state index contributed by atoms with van der Waals surface area (Å²) in [7, 11) is 1.84. The maximum absolute atomic E-state index is 4.43. The first-order valence-electron chi connectivity index (χ1n) is 6.70. The lowest BCUT2D eigenvalue weighted by Gasteiger charge is -2.22. The van der Waals surface area contributed by atoms with Gasteiger partial charge in [-0.15, -0.1) is 0 Å². The van der Waals surface area contributed by atoms with Gasteiger partial charge in [0.15, 0.2) is 0 Å². The van der Waals surface area contributed by atoms with Gasteiger partial charge in [-0.2, -0.15) is 4.98 Å². The van der Waals surface area contributed by atoms with E-state index in [9.17, 15) is 0 Å². The molecule has 2 aliphatic rings. The van der Waals surface area contributed by atoms with Gasteiger partial charge >= 0.3 is 0 Å². The number of nitrogens with one attached hydrogen (secondary N) is 2. The number of hydrogen-bond donors (Lipinski definition) is 2. The molecule has 3 unspecified atom stereocenters. The largest absolute Gasteiger partial charge is 0.369 e. The monoisotopic (exact) mass is 310 g/mol. The third-order valence-corrected chi connectivity index (χ3v) is 4.96. The summed E-state index contributed by atoms with van der Waals surface area (Å²) in [4.78, 5) is 8.60. The first-order valence-corrected chi connectivity index (χ1v) is 7.49. The van der Waals surface area contributed by atoms with Gasteiger partial charge in [0.05, 0.1) is 4.47 Å². The molecule has 0 spiro atoms. The third kappa shape index (κ3) is 2.32. The molecule has 18 heavy (non-hydrogen) atoms. The van der Waals surface area contributed by atoms with Gasteiger partial charge in [0.1, 0.15) is 5.82 Å². The van der Waals surface area contributed by atoms with Gasteiger partial charge in [-0.05, 0) is 52.9 Å². The smallest absolute Gasteiger partial charge is 0.224 e. The van der Waals surface area contributed by atoms with Crippen molar-refractivity contribution in [2.24, 2.45) is 17.8 Å². The van der Waals surface area contributed by atoms with Crippen molar-refractivity contribution in [3.63, 3.8) is 0 Å². The van der Waals surface area contributed by atoms with Crippen molar-refractivity contribution in [3.05, 3.63) is 10.7 Å². The van der Waals surface area contributed by atoms with Gasteiger partial charge in [0, 0.05) is 19.8 Å². The van der Waals surface area contributed by atoms with E-state index >= 15 is 0 Å². The van der Waals surface area contributed by atoms with Crippen molar-refractivity contribution in [1.29, 1.82) is 0 Å². The van der Waals surface area contributed by atoms with E-state index < -0.39 is 0 Å². The number of hydrogen-bond acceptors (Lipinski definition) is 4. The first kappa shape index (κ1) is 12.2. The molecular formula is C13H19BrN4. The van der Waals surface area contributed by atoms with E-state index in [0.29, 0.717) is 5.95 Å². The normalized spacial score (nSPS) is 29.6. The number of halogens is 1. The lowest BCUT2D eigenvalue weighted by Crippen LogP contribution is -2.20. The maximum Gasteiger partial charge on any atom is 0.224 e. The number of nitrogens with zero attached hydrogens (tertiary/aromatic N) is 2. The zero-order valence-corrected chi connectivity index (χ0v) is 12.2. The molecule has 98 valence electrons. The number of fused-ring (bicyclic) bond motifs is 2. The molecule has 1 aromatic heterocycles. The van der Waals surface area contributed by atoms with Gasteiger partial charge in [0.25, 0.3) is 0 Å². The second kappa shape index (κ2) is 5.03. The van der Waals surface area contributed by atoms with E-state index in [0.717, 1.165) is 34.6 Å². The molecular weight excluding hydrogens is 292 g/mol. The van der Waals surface area contributed by atoms with E-state index in [-0.39, 0.29) is 0 Å². The Labute approximate surface area is 116 Å². The van der Waals surface area contributed by atoms with E-state index in [1.54, 1.807) is 6.20 Å². The Hall–Kier alpha value is -0.840. The summed E-state index contributed by atoms with van der Waals surface area (Å²) in [6.45, 7) is 1.04. The topological polar surface area (TPSA) is 49.8 Å². The Bertz CT molecular complexity index is 437. The number of anilines is 2. The average Bonchev–Trinajstić information content (AvgIpc) is 3.00. The number of aromatic nitrogens is 2. The highest BCUT2D eigenvalue weighted by molar-refractivity contribution is 9.10. The predicted molar refractivity (Wildman–Crippen MR) is 76.7 cm³/mol. The standard InChI is InChI=1S/C13H19BrN4/c1-15-13-17-7-11(14)12(18-13)16-6-10-5-8-2-3-9(10)4-8/h7-10H,2-6H2,1H3,(H2,15,16,17,18). The van der Waals surface area contributed by atoms with Crippen LogP contribution in [0.4, 0.5) is 11.8 Å². The molecule has 2 N–H and O–H groups in total. The van der Waals surface area contributed by atoms with Gasteiger partial charge in [-0.3, -0.25) is 0 Å². The summed E-state index contributed by atoms with van der Waals surface area (Å²) in [6, 6.07) is 0. The molecule has 3 rings (SSSR count). The Kier molecular flexibility index (Phi) is 3.41. The molecule has 0 aromatic carbocycles. The second-order valence-electron chi connectivity index (χ2n) is 5.46. The minimum absolute atomic E-state index is 0.661. The molecule has 4 nitrogen and oxygen atoms in total. The van der Waals surface area contributed by atoms with Crippen LogP contribution >= 0.6 is 15.9 Å². The van der Waals surface area contributed by atoms with Crippen LogP contribution in [0.1, 0.15) is 25.7 Å². The Morgan fingerprint density at radius 2 is 2.28 bits per heavy atom. The van der Waals surface area contributed by atoms with Crippen molar-refractivity contribution in [1.82, 2.24) is 9.97 Å². The van der Waals surface area contributed by atoms with Gasteiger partial charge < -0.3 is 10.6 Å². The Morgan fingerprint density at radius 3 is 2.94 bits per heavy atom. The predicted octanol–water partition coefficient (Wildman–Crippen LogP) is 3.13. The minimum atomic E-state index is 0.661. The third-order valence-electron chi connectivity index (χ3n) is 4.38. The Morgan fingerprint density at radius 1 is 1.39 bits per heavy atom. The van der Waals surface area contributed by atoms with E-state index in [1.165, 1.54) is 25.7 Å². The quantitative estimate of drug-likeness (QED) is 0.897. The average molecular weight is 311 g/mol. The van der Waals surface area contributed by atoms with Crippen molar-refractivity contribution in [3.8, 4) is 0 Å². The highest BCUT2D eigenvalue weighted by Gasteiger charge is 2.39. The van der Waals surface area contributed by atoms with Crippen molar-refractivity contribution >= 4 is 27.7 Å². The summed E-state index contributed by atoms with van der Waals surface area (Å²) in [5, 5.41) is 6.44. The molecule has 0 radical (unpaired) electrons. The minimum Gasteiger partial charge on any atom is -0.369 e. The van der Waals surface area contributed by atoms with Crippen LogP contribution in [0.5, 0.6) is 0 Å². The molecule has 3 atom stereocenters. The molecule has 2 fully saturated rings. The molecule has 0 amide bonds. The highest BCUT2D eigenvalue weighted by atomic mass is 79.9. The fourth-order valence-electron chi connectivity index (χ4n) is 3.47. The van der Waals surface area contributed by atoms with Gasteiger partial charge in [-0.1, -0.05) is 6.42 Å². The van der Waals surface area contributed by atoms with E-state index in [1.807, 2.05) is 7.05 Å². The van der Waals surface area contributed by atoms with Crippen LogP contribution in [0.3, 0.4) is 0 Å². The SMILES string of the molecule is CNc1ncc(Br)c(NCC2CC3CCC2C3)n1. The highest BCUT2D eigenvalue weighted by Crippen LogP contribution is 2.48. The maximum atomic E-state index is 4.43. The first-order chi connectivity index (χ1) is 8.76. The van der Waals surface area contributed by atoms with Crippen LogP contribution in [-0.2, 0) is 0 Å². The van der Waals surface area contributed by atoms with Gasteiger partial charge in [0.2, 0.25) is 5.95 Å². The van der Waals surface area contributed by atoms with Crippen molar-refractivity contribution < 1.29 is 0 Å². The second-order valence-corrected chi connectivity index (χ2v) is 6.31. The van der Waals surface area contributed by atoms with Crippen LogP contribution < -0.4 is 10.6 Å². The fraction of sp³-hybridized carbons (Fsp3) is 0.692. The lowest BCUT2D eigenvalue weighted by molar-refractivity contribution is 0.348. The molecule has 0 saturated heterocycles. The Balaban J connectivity index is 1.62. The van der Waals surface area contributed by atoms with Gasteiger partial charge in [-0.25, -0.2) is 4.98 Å². The summed E-state index contributed by atoms with van der Waals surface area (Å²) in [6.07, 6.45) is 7.55. The molecule has 2 aliphatic carbocycles. The zero-order valence-electron chi connectivity index (χ0n) is 10.6. The van der Waals surface area contributed by atoms with E-state index in [2.05, 4.69) is 36.5 Å². The fourth-order valence-corrected chi connectivity index (χ4v) is 3.80. The molecule has 2 saturated carbocycles. The summed E-state index contributed by atoms with van der Waals surface area (Å²) >= 11 is 3.49. The molecule has 5 heteroatoms. The van der Waals surface area contributed by atoms with Crippen LogP contribution in [0, 0.1) is 17.8 Å². The van der Waals surface area contributed by atoms with E-state index in [4.69, 9.17) is 0 Å². The lowest BCUT2D eigenvalue weighted by atomic mass is 9.89. The van der Waals surface area contributed by atoms with Crippen LogP contribution in [0.2, 0.25) is 0 Å². The zero-order chi connectivity index (χ0) is 12.5. The van der Waals surface area contributed by atoms with Crippen molar-refractivity contribution in [2.75, 3.05) is 24.2 Å². The van der Waals surface area contributed by atoms with Crippen LogP contribution in [0.25, 0.3) is 0 Å². The molecule has 1 aromatic rings. The summed E-state index contributed by atoms with van der Waals surface area (Å²) in [5.74, 6) is 4.35. The van der Waals surface area contributed by atoms with Crippen LogP contribution in [-0.4, -0.2) is 23.6 Å². The number of rotatable bonds is 4. The molecule has 0 aliphatic heterocycles. The van der Waals surface area contributed by atoms with Crippen LogP contribution in [0.15, 0.2) is 10.7 Å². The summed E-state index contributed by atoms with van der Waals surface area (Å²) in [5.41, 5.74) is 0. The molecule has 1 heterocycles. The van der Waals surface area contributed by atoms with Crippen molar-refractivity contribution in [2.45, 2.75) is 25.7 Å². The molecule has 2 bridgehead atoms.